The van der Waals surface area contributed by atoms with Crippen LogP contribution < -0.4 is 15.5 Å². The van der Waals surface area contributed by atoms with Crippen LogP contribution in [0.1, 0.15) is 39.5 Å². The van der Waals surface area contributed by atoms with Crippen molar-refractivity contribution in [3.63, 3.8) is 0 Å². The average Bonchev–Trinajstić information content (AvgIpc) is 2.79. The number of amides is 2. The summed E-state index contributed by atoms with van der Waals surface area (Å²) >= 11 is 0. The summed E-state index contributed by atoms with van der Waals surface area (Å²) in [5.41, 5.74) is 6.95. The lowest BCUT2D eigenvalue weighted by Crippen LogP contribution is -2.33. The third-order valence-corrected chi connectivity index (χ3v) is 4.89. The van der Waals surface area contributed by atoms with Crippen LogP contribution in [0.25, 0.3) is 0 Å². The van der Waals surface area contributed by atoms with Crippen molar-refractivity contribution in [2.24, 2.45) is 5.10 Å². The number of carbonyl (C=O) groups is 3. The topological polar surface area (TPSA) is 96.9 Å². The minimum absolute atomic E-state index is 0.291. The minimum atomic E-state index is -0.913. The molecule has 0 bridgehead atoms. The first-order chi connectivity index (χ1) is 15.7. The molecule has 3 aromatic carbocycles. The molecule has 2 amide bonds. The highest BCUT2D eigenvalue weighted by Crippen LogP contribution is 2.21. The summed E-state index contributed by atoms with van der Waals surface area (Å²) in [7, 11) is 0. The van der Waals surface area contributed by atoms with Crippen LogP contribution in [0.3, 0.4) is 0 Å². The van der Waals surface area contributed by atoms with Crippen LogP contribution in [0, 0.1) is 20.8 Å². The van der Waals surface area contributed by atoms with E-state index in [0.29, 0.717) is 28.3 Å². The Morgan fingerprint density at radius 3 is 2.27 bits per heavy atom. The van der Waals surface area contributed by atoms with E-state index < -0.39 is 17.8 Å². The van der Waals surface area contributed by atoms with Gasteiger partial charge >= 0.3 is 17.8 Å². The molecule has 0 fully saturated rings. The van der Waals surface area contributed by atoms with Crippen molar-refractivity contribution < 1.29 is 19.1 Å². The molecule has 0 saturated carbocycles. The lowest BCUT2D eigenvalue weighted by Gasteiger charge is -2.11. The quantitative estimate of drug-likeness (QED) is 0.202. The van der Waals surface area contributed by atoms with Crippen LogP contribution in [0.15, 0.2) is 71.8 Å². The van der Waals surface area contributed by atoms with E-state index in [9.17, 15) is 14.4 Å². The van der Waals surface area contributed by atoms with Gasteiger partial charge in [-0.05, 0) is 63.6 Å². The van der Waals surface area contributed by atoms with Gasteiger partial charge in [0.25, 0.3) is 0 Å². The summed E-state index contributed by atoms with van der Waals surface area (Å²) in [5, 5.41) is 6.58. The molecule has 0 saturated heterocycles. The van der Waals surface area contributed by atoms with E-state index in [4.69, 9.17) is 4.74 Å². The molecule has 33 heavy (non-hydrogen) atoms. The zero-order valence-corrected chi connectivity index (χ0v) is 18.9. The number of nitrogens with zero attached hydrogens (tertiary/aromatic N) is 1. The smallest absolute Gasteiger partial charge is 0.343 e. The summed E-state index contributed by atoms with van der Waals surface area (Å²) in [6.45, 7) is 7.32. The molecule has 0 aliphatic rings. The first kappa shape index (κ1) is 23.4. The fourth-order valence-corrected chi connectivity index (χ4v) is 3.16. The molecular weight excluding hydrogens is 418 g/mol. The fourth-order valence-electron chi connectivity index (χ4n) is 3.16. The Morgan fingerprint density at radius 1 is 0.818 bits per heavy atom. The lowest BCUT2D eigenvalue weighted by atomic mass is 10.1. The zero-order chi connectivity index (χ0) is 24.0. The van der Waals surface area contributed by atoms with Crippen molar-refractivity contribution in [3.8, 4) is 5.75 Å². The van der Waals surface area contributed by atoms with E-state index in [-0.39, 0.29) is 0 Å². The van der Waals surface area contributed by atoms with Crippen LogP contribution in [0.4, 0.5) is 5.69 Å². The average molecular weight is 444 g/mol. The number of carbonyl (C=O) groups excluding carboxylic acids is 3. The number of benzene rings is 3. The SMILES string of the molecule is CC(=NNC(=O)C(=O)Nc1ccc(C)cc1C)c1ccccc1OC(=O)c1cccc(C)c1. The maximum atomic E-state index is 12.5. The molecule has 0 aromatic heterocycles. The minimum Gasteiger partial charge on any atom is -0.422 e. The van der Waals surface area contributed by atoms with Gasteiger partial charge in [0, 0.05) is 11.3 Å². The predicted octanol–water partition coefficient (Wildman–Crippen LogP) is 4.31. The van der Waals surface area contributed by atoms with Crippen LogP contribution in [0.2, 0.25) is 0 Å². The van der Waals surface area contributed by atoms with Crippen molar-refractivity contribution in [1.82, 2.24) is 5.43 Å². The Hall–Kier alpha value is -4.26. The van der Waals surface area contributed by atoms with Crippen molar-refractivity contribution >= 4 is 29.2 Å². The van der Waals surface area contributed by atoms with Gasteiger partial charge in [-0.3, -0.25) is 9.59 Å². The number of anilines is 1. The summed E-state index contributed by atoms with van der Waals surface area (Å²) in [6, 6.07) is 19.4. The fraction of sp³-hybridized carbons (Fsp3) is 0.154. The highest BCUT2D eigenvalue weighted by Gasteiger charge is 2.16. The predicted molar refractivity (Wildman–Crippen MR) is 127 cm³/mol. The van der Waals surface area contributed by atoms with Crippen molar-refractivity contribution in [3.05, 3.63) is 94.5 Å². The number of hydrogen-bond acceptors (Lipinski definition) is 5. The standard InChI is InChI=1S/C26H25N3O4/c1-16-8-7-9-20(15-16)26(32)33-23-11-6-5-10-21(23)19(4)28-29-25(31)24(30)27-22-13-12-17(2)14-18(22)3/h5-15H,1-4H3,(H,27,30)(H,29,31). The Labute approximate surface area is 192 Å². The Bertz CT molecular complexity index is 1250. The van der Waals surface area contributed by atoms with Gasteiger partial charge in [-0.15, -0.1) is 0 Å². The van der Waals surface area contributed by atoms with E-state index in [1.54, 1.807) is 55.5 Å². The second kappa shape index (κ2) is 10.4. The number of ether oxygens (including phenoxy) is 1. The maximum Gasteiger partial charge on any atom is 0.343 e. The van der Waals surface area contributed by atoms with E-state index >= 15 is 0 Å². The van der Waals surface area contributed by atoms with Crippen LogP contribution >= 0.6 is 0 Å². The lowest BCUT2D eigenvalue weighted by molar-refractivity contribution is -0.136. The molecular formula is C26H25N3O4. The van der Waals surface area contributed by atoms with Crippen molar-refractivity contribution in [2.75, 3.05) is 5.32 Å². The Balaban J connectivity index is 1.69. The van der Waals surface area contributed by atoms with Crippen LogP contribution in [-0.4, -0.2) is 23.5 Å². The van der Waals surface area contributed by atoms with E-state index in [1.165, 1.54) is 0 Å². The number of aryl methyl sites for hydroxylation is 3. The Morgan fingerprint density at radius 2 is 1.55 bits per heavy atom. The van der Waals surface area contributed by atoms with Crippen LogP contribution in [-0.2, 0) is 9.59 Å². The van der Waals surface area contributed by atoms with Gasteiger partial charge in [-0.1, -0.05) is 47.5 Å². The highest BCUT2D eigenvalue weighted by molar-refractivity contribution is 6.39. The van der Waals surface area contributed by atoms with Crippen molar-refractivity contribution in [2.45, 2.75) is 27.7 Å². The summed E-state index contributed by atoms with van der Waals surface area (Å²) in [4.78, 5) is 37.0. The third kappa shape index (κ3) is 6.13. The molecule has 2 N–H and O–H groups in total. The summed E-state index contributed by atoms with van der Waals surface area (Å²) in [6.07, 6.45) is 0. The largest absolute Gasteiger partial charge is 0.422 e. The van der Waals surface area contributed by atoms with Gasteiger partial charge in [-0.25, -0.2) is 10.2 Å². The maximum absolute atomic E-state index is 12.5. The molecule has 0 radical (unpaired) electrons. The number of esters is 1. The molecule has 168 valence electrons. The molecule has 3 aromatic rings. The molecule has 3 rings (SSSR count). The van der Waals surface area contributed by atoms with Gasteiger partial charge in [0.05, 0.1) is 11.3 Å². The number of rotatable bonds is 5. The summed E-state index contributed by atoms with van der Waals surface area (Å²) < 4.78 is 5.55. The Kier molecular flexibility index (Phi) is 7.35. The molecule has 0 heterocycles. The monoisotopic (exact) mass is 443 g/mol. The number of hydrazone groups is 1. The second-order valence-electron chi connectivity index (χ2n) is 7.67. The summed E-state index contributed by atoms with van der Waals surface area (Å²) in [5.74, 6) is -1.96. The van der Waals surface area contributed by atoms with E-state index in [2.05, 4.69) is 15.8 Å². The third-order valence-electron chi connectivity index (χ3n) is 4.89. The zero-order valence-electron chi connectivity index (χ0n) is 18.9. The van der Waals surface area contributed by atoms with Gasteiger partial charge in [0.15, 0.2) is 0 Å². The number of para-hydroxylation sites is 1. The molecule has 7 heteroatoms. The highest BCUT2D eigenvalue weighted by atomic mass is 16.5. The van der Waals surface area contributed by atoms with Gasteiger partial charge < -0.3 is 10.1 Å². The second-order valence-corrected chi connectivity index (χ2v) is 7.67. The molecule has 7 nitrogen and oxygen atoms in total. The first-order valence-corrected chi connectivity index (χ1v) is 10.4. The normalized spacial score (nSPS) is 11.0. The van der Waals surface area contributed by atoms with Crippen LogP contribution in [0.5, 0.6) is 5.75 Å². The first-order valence-electron chi connectivity index (χ1n) is 10.4. The van der Waals surface area contributed by atoms with Gasteiger partial charge in [-0.2, -0.15) is 5.10 Å². The van der Waals surface area contributed by atoms with Crippen molar-refractivity contribution in [1.29, 1.82) is 0 Å². The van der Waals surface area contributed by atoms with Gasteiger partial charge in [0.1, 0.15) is 5.75 Å². The number of hydrogen-bond donors (Lipinski definition) is 2. The van der Waals surface area contributed by atoms with Gasteiger partial charge in [0.2, 0.25) is 0 Å². The molecule has 0 atom stereocenters. The molecule has 0 unspecified atom stereocenters. The number of nitrogens with one attached hydrogen (secondary N) is 2. The van der Waals surface area contributed by atoms with E-state index in [0.717, 1.165) is 16.7 Å². The van der Waals surface area contributed by atoms with E-state index in [1.807, 2.05) is 39.0 Å². The molecule has 0 aliphatic heterocycles. The molecule has 0 spiro atoms. The molecule has 0 aliphatic carbocycles.